The number of hydrogen-bond donors (Lipinski definition) is 2. The van der Waals surface area contributed by atoms with Crippen LogP contribution in [0.4, 0.5) is 0 Å². The molecule has 1 fully saturated rings. The Morgan fingerprint density at radius 3 is 2.75 bits per heavy atom. The fraction of sp³-hybridized carbons (Fsp3) is 0.438. The van der Waals surface area contributed by atoms with E-state index in [4.69, 9.17) is 17.0 Å². The summed E-state index contributed by atoms with van der Waals surface area (Å²) in [4.78, 5) is 13.7. The number of hydrazone groups is 1. The molecule has 0 saturated carbocycles. The van der Waals surface area contributed by atoms with Crippen LogP contribution in [0.15, 0.2) is 29.4 Å². The third-order valence-electron chi connectivity index (χ3n) is 3.53. The molecule has 24 heavy (non-hydrogen) atoms. The number of ether oxygens (including phenoxy) is 2. The van der Waals surface area contributed by atoms with Crippen molar-refractivity contribution in [3.63, 3.8) is 0 Å². The molecular weight excluding hydrogens is 328 g/mol. The summed E-state index contributed by atoms with van der Waals surface area (Å²) in [6, 6.07) is 6.94. The zero-order valence-electron chi connectivity index (χ0n) is 13.7. The van der Waals surface area contributed by atoms with Gasteiger partial charge in [-0.2, -0.15) is 5.10 Å². The molecule has 0 spiro atoms. The Morgan fingerprint density at radius 2 is 2.08 bits per heavy atom. The Balaban J connectivity index is 1.67. The lowest BCUT2D eigenvalue weighted by atomic mass is 10.1. The number of hydrogen-bond acceptors (Lipinski definition) is 6. The first kappa shape index (κ1) is 18.3. The van der Waals surface area contributed by atoms with E-state index in [-0.39, 0.29) is 5.97 Å². The molecule has 1 heterocycles. The lowest BCUT2D eigenvalue weighted by molar-refractivity contribution is 0.0389. The van der Waals surface area contributed by atoms with Gasteiger partial charge in [-0.3, -0.25) is 10.3 Å². The number of methoxy groups -OCH3 is 1. The molecule has 8 heteroatoms. The number of carbonyl (C=O) groups excluding carboxylic acids is 1. The van der Waals surface area contributed by atoms with Gasteiger partial charge in [0.1, 0.15) is 0 Å². The third-order valence-corrected chi connectivity index (χ3v) is 3.76. The topological polar surface area (TPSA) is 75.2 Å². The summed E-state index contributed by atoms with van der Waals surface area (Å²) in [5.41, 5.74) is 4.13. The first-order chi connectivity index (χ1) is 11.7. The average Bonchev–Trinajstić information content (AvgIpc) is 2.62. The van der Waals surface area contributed by atoms with Crippen LogP contribution in [0.2, 0.25) is 0 Å². The van der Waals surface area contributed by atoms with Crippen molar-refractivity contribution in [1.29, 1.82) is 0 Å². The lowest BCUT2D eigenvalue weighted by Gasteiger charge is -2.26. The van der Waals surface area contributed by atoms with Gasteiger partial charge < -0.3 is 14.8 Å². The second-order valence-electron chi connectivity index (χ2n) is 5.19. The Bertz CT molecular complexity index is 571. The number of esters is 1. The molecule has 0 amide bonds. The monoisotopic (exact) mass is 350 g/mol. The quantitative estimate of drug-likeness (QED) is 0.337. The molecule has 7 nitrogen and oxygen atoms in total. The van der Waals surface area contributed by atoms with Crippen LogP contribution in [0, 0.1) is 0 Å². The van der Waals surface area contributed by atoms with Crippen LogP contribution < -0.4 is 10.7 Å². The van der Waals surface area contributed by atoms with Gasteiger partial charge in [-0.1, -0.05) is 12.1 Å². The largest absolute Gasteiger partial charge is 0.465 e. The summed E-state index contributed by atoms with van der Waals surface area (Å²) in [6.45, 7) is 5.19. The Labute approximate surface area is 147 Å². The molecular formula is C16H22N4O3S. The van der Waals surface area contributed by atoms with Gasteiger partial charge in [-0.05, 0) is 29.9 Å². The Kier molecular flexibility index (Phi) is 7.60. The van der Waals surface area contributed by atoms with Crippen LogP contribution in [-0.4, -0.2) is 68.7 Å². The van der Waals surface area contributed by atoms with Gasteiger partial charge in [-0.15, -0.1) is 0 Å². The molecule has 1 aromatic rings. The average molecular weight is 350 g/mol. The van der Waals surface area contributed by atoms with Gasteiger partial charge >= 0.3 is 5.97 Å². The van der Waals surface area contributed by atoms with Crippen LogP contribution in [0.5, 0.6) is 0 Å². The van der Waals surface area contributed by atoms with Gasteiger partial charge in [0.25, 0.3) is 0 Å². The molecule has 1 saturated heterocycles. The first-order valence-corrected chi connectivity index (χ1v) is 8.15. The van der Waals surface area contributed by atoms with Crippen LogP contribution in [-0.2, 0) is 9.47 Å². The van der Waals surface area contributed by atoms with Gasteiger partial charge in [0, 0.05) is 26.2 Å². The van der Waals surface area contributed by atoms with E-state index >= 15 is 0 Å². The molecule has 1 aliphatic heterocycles. The van der Waals surface area contributed by atoms with E-state index in [1.54, 1.807) is 30.5 Å². The van der Waals surface area contributed by atoms with E-state index in [2.05, 4.69) is 25.5 Å². The Morgan fingerprint density at radius 1 is 1.38 bits per heavy atom. The predicted octanol–water partition coefficient (Wildman–Crippen LogP) is 0.603. The van der Waals surface area contributed by atoms with Crippen molar-refractivity contribution in [2.24, 2.45) is 5.10 Å². The van der Waals surface area contributed by atoms with Crippen molar-refractivity contribution in [3.05, 3.63) is 35.4 Å². The number of thiocarbonyl (C=S) groups is 1. The minimum absolute atomic E-state index is 0.359. The van der Waals surface area contributed by atoms with Crippen LogP contribution in [0.1, 0.15) is 15.9 Å². The fourth-order valence-corrected chi connectivity index (χ4v) is 2.34. The van der Waals surface area contributed by atoms with Crippen LogP contribution >= 0.6 is 12.2 Å². The summed E-state index contributed by atoms with van der Waals surface area (Å²) in [5, 5.41) is 7.66. The van der Waals surface area contributed by atoms with E-state index in [0.717, 1.165) is 45.0 Å². The van der Waals surface area contributed by atoms with Crippen molar-refractivity contribution in [2.45, 2.75) is 0 Å². The molecule has 2 rings (SSSR count). The number of nitrogens with zero attached hydrogens (tertiary/aromatic N) is 2. The molecule has 1 aliphatic rings. The minimum Gasteiger partial charge on any atom is -0.465 e. The van der Waals surface area contributed by atoms with Crippen LogP contribution in [0.3, 0.4) is 0 Å². The number of benzene rings is 1. The lowest BCUT2D eigenvalue weighted by Crippen LogP contribution is -2.42. The zero-order chi connectivity index (χ0) is 17.2. The molecule has 130 valence electrons. The van der Waals surface area contributed by atoms with Crippen molar-refractivity contribution >= 4 is 29.5 Å². The molecule has 0 aromatic heterocycles. The third kappa shape index (κ3) is 6.23. The van der Waals surface area contributed by atoms with Gasteiger partial charge in [0.2, 0.25) is 0 Å². The number of nitrogens with one attached hydrogen (secondary N) is 2. The maximum absolute atomic E-state index is 11.3. The molecule has 0 unspecified atom stereocenters. The van der Waals surface area contributed by atoms with E-state index in [0.29, 0.717) is 10.7 Å². The SMILES string of the molecule is COC(=O)c1ccc(/C=N\NC(=S)NCCN2CCOCC2)cc1. The maximum Gasteiger partial charge on any atom is 0.337 e. The smallest absolute Gasteiger partial charge is 0.337 e. The van der Waals surface area contributed by atoms with E-state index in [1.807, 2.05) is 0 Å². The summed E-state index contributed by atoms with van der Waals surface area (Å²) in [5.74, 6) is -0.359. The summed E-state index contributed by atoms with van der Waals surface area (Å²) in [7, 11) is 1.36. The zero-order valence-corrected chi connectivity index (χ0v) is 14.5. The fourth-order valence-electron chi connectivity index (χ4n) is 2.18. The first-order valence-electron chi connectivity index (χ1n) is 7.74. The van der Waals surface area contributed by atoms with E-state index < -0.39 is 0 Å². The predicted molar refractivity (Wildman–Crippen MR) is 96.4 cm³/mol. The maximum atomic E-state index is 11.3. The van der Waals surface area contributed by atoms with Crippen molar-refractivity contribution in [1.82, 2.24) is 15.6 Å². The highest BCUT2D eigenvalue weighted by Gasteiger charge is 2.09. The van der Waals surface area contributed by atoms with Gasteiger partial charge in [0.05, 0.1) is 32.1 Å². The summed E-state index contributed by atoms with van der Waals surface area (Å²) < 4.78 is 9.95. The highest BCUT2D eigenvalue weighted by atomic mass is 32.1. The van der Waals surface area contributed by atoms with Crippen molar-refractivity contribution in [3.8, 4) is 0 Å². The second kappa shape index (κ2) is 9.96. The minimum atomic E-state index is -0.359. The van der Waals surface area contributed by atoms with E-state index in [9.17, 15) is 4.79 Å². The van der Waals surface area contributed by atoms with Crippen molar-refractivity contribution < 1.29 is 14.3 Å². The van der Waals surface area contributed by atoms with Gasteiger partial charge in [0.15, 0.2) is 5.11 Å². The normalized spacial score (nSPS) is 15.2. The standard InChI is InChI=1S/C16H22N4O3S/c1-22-15(21)14-4-2-13(3-5-14)12-18-19-16(24)17-6-7-20-8-10-23-11-9-20/h2-5,12H,6-11H2,1H3,(H2,17,19,24)/b18-12-. The molecule has 0 radical (unpaired) electrons. The number of rotatable bonds is 6. The molecule has 1 aromatic carbocycles. The Hall–Kier alpha value is -2.03. The highest BCUT2D eigenvalue weighted by molar-refractivity contribution is 7.80. The van der Waals surface area contributed by atoms with E-state index in [1.165, 1.54) is 7.11 Å². The second-order valence-corrected chi connectivity index (χ2v) is 5.60. The molecule has 0 aliphatic carbocycles. The number of morpholine rings is 1. The van der Waals surface area contributed by atoms with Gasteiger partial charge in [-0.25, -0.2) is 4.79 Å². The highest BCUT2D eigenvalue weighted by Crippen LogP contribution is 2.03. The number of carbonyl (C=O) groups is 1. The van der Waals surface area contributed by atoms with Crippen LogP contribution in [0.25, 0.3) is 0 Å². The van der Waals surface area contributed by atoms with Crippen molar-refractivity contribution in [2.75, 3.05) is 46.5 Å². The molecule has 0 atom stereocenters. The molecule has 2 N–H and O–H groups in total. The summed E-state index contributed by atoms with van der Waals surface area (Å²) in [6.07, 6.45) is 1.64. The summed E-state index contributed by atoms with van der Waals surface area (Å²) >= 11 is 5.17. The molecule has 0 bridgehead atoms.